The largest absolute Gasteiger partial charge is 0.353 e. The monoisotopic (exact) mass is 329 g/mol. The van der Waals surface area contributed by atoms with Crippen LogP contribution < -0.4 is 16.0 Å². The van der Waals surface area contributed by atoms with E-state index in [0.717, 1.165) is 44.1 Å². The molecule has 0 atom stereocenters. The molecule has 24 heavy (non-hydrogen) atoms. The van der Waals surface area contributed by atoms with E-state index in [1.54, 1.807) is 29.8 Å². The van der Waals surface area contributed by atoms with E-state index < -0.39 is 0 Å². The van der Waals surface area contributed by atoms with Gasteiger partial charge in [0, 0.05) is 64.6 Å². The van der Waals surface area contributed by atoms with Crippen LogP contribution in [0.2, 0.25) is 0 Å². The number of aryl methyl sites for hydroxylation is 2. The zero-order valence-corrected chi connectivity index (χ0v) is 14.2. The summed E-state index contributed by atoms with van der Waals surface area (Å²) in [5.74, 6) is 0.852. The molecule has 0 saturated carbocycles. The Kier molecular flexibility index (Phi) is 4.80. The molecule has 0 N–H and O–H groups in total. The van der Waals surface area contributed by atoms with Crippen molar-refractivity contribution >= 4 is 5.82 Å². The molecule has 2 aromatic rings. The first-order chi connectivity index (χ1) is 11.6. The highest BCUT2D eigenvalue weighted by molar-refractivity contribution is 5.37. The molecule has 7 nitrogen and oxygen atoms in total. The molecule has 1 saturated heterocycles. The summed E-state index contributed by atoms with van der Waals surface area (Å²) in [4.78, 5) is 27.9. The van der Waals surface area contributed by atoms with Gasteiger partial charge in [-0.3, -0.25) is 14.5 Å². The average Bonchev–Trinajstić information content (AvgIpc) is 2.59. The molecule has 0 spiro atoms. The first kappa shape index (κ1) is 16.4. The number of aromatic nitrogens is 3. The Morgan fingerprint density at radius 1 is 1.04 bits per heavy atom. The molecule has 2 aromatic heterocycles. The van der Waals surface area contributed by atoms with Crippen LogP contribution >= 0.6 is 0 Å². The van der Waals surface area contributed by atoms with E-state index in [1.165, 1.54) is 4.68 Å². The fraction of sp³-hybridized carbons (Fsp3) is 0.471. The molecule has 7 heteroatoms. The topological polar surface area (TPSA) is 63.4 Å². The van der Waals surface area contributed by atoms with Gasteiger partial charge in [0.2, 0.25) is 0 Å². The summed E-state index contributed by atoms with van der Waals surface area (Å²) in [5.41, 5.74) is 1.01. The number of piperazine rings is 1. The normalized spacial score (nSPS) is 15.7. The Morgan fingerprint density at radius 3 is 2.46 bits per heavy atom. The van der Waals surface area contributed by atoms with Gasteiger partial charge in [-0.1, -0.05) is 0 Å². The summed E-state index contributed by atoms with van der Waals surface area (Å²) < 4.78 is 3.07. The zero-order chi connectivity index (χ0) is 17.1. The van der Waals surface area contributed by atoms with Crippen molar-refractivity contribution in [1.29, 1.82) is 0 Å². The highest BCUT2D eigenvalue weighted by atomic mass is 16.1. The third kappa shape index (κ3) is 3.56. The number of hydrogen-bond acceptors (Lipinski definition) is 5. The van der Waals surface area contributed by atoms with Gasteiger partial charge < -0.3 is 9.47 Å². The van der Waals surface area contributed by atoms with Crippen molar-refractivity contribution in [2.45, 2.75) is 20.0 Å². The molecule has 0 aromatic carbocycles. The molecule has 128 valence electrons. The minimum Gasteiger partial charge on any atom is -0.353 e. The van der Waals surface area contributed by atoms with Crippen molar-refractivity contribution in [2.75, 3.05) is 31.1 Å². The second-order valence-electron chi connectivity index (χ2n) is 6.09. The first-order valence-corrected chi connectivity index (χ1v) is 8.28. The first-order valence-electron chi connectivity index (χ1n) is 8.28. The van der Waals surface area contributed by atoms with E-state index in [1.807, 2.05) is 19.2 Å². The van der Waals surface area contributed by atoms with Crippen LogP contribution in [0.5, 0.6) is 0 Å². The number of rotatable bonds is 4. The van der Waals surface area contributed by atoms with Gasteiger partial charge in [0.1, 0.15) is 5.82 Å². The molecule has 1 aliphatic heterocycles. The van der Waals surface area contributed by atoms with Crippen molar-refractivity contribution in [3.8, 4) is 0 Å². The van der Waals surface area contributed by atoms with Crippen molar-refractivity contribution < 1.29 is 0 Å². The Hall–Kier alpha value is -2.41. The summed E-state index contributed by atoms with van der Waals surface area (Å²) in [6.07, 6.45) is 1.81. The zero-order valence-electron chi connectivity index (χ0n) is 14.2. The molecular weight excluding hydrogens is 306 g/mol. The van der Waals surface area contributed by atoms with E-state index in [9.17, 15) is 9.59 Å². The van der Waals surface area contributed by atoms with Crippen LogP contribution in [0.1, 0.15) is 12.5 Å². The molecule has 3 rings (SSSR count). The third-order valence-electron chi connectivity index (χ3n) is 4.42. The second-order valence-corrected chi connectivity index (χ2v) is 6.09. The summed E-state index contributed by atoms with van der Waals surface area (Å²) in [5, 5.41) is 4.41. The van der Waals surface area contributed by atoms with Gasteiger partial charge in [-0.2, -0.15) is 5.10 Å². The molecule has 1 fully saturated rings. The Bertz CT molecular complexity index is 818. The molecule has 0 radical (unpaired) electrons. The number of nitrogens with zero attached hydrogens (tertiary/aromatic N) is 5. The Labute approximate surface area is 140 Å². The number of hydrogen-bond donors (Lipinski definition) is 0. The molecule has 0 amide bonds. The van der Waals surface area contributed by atoms with E-state index in [2.05, 4.69) is 14.9 Å². The van der Waals surface area contributed by atoms with Crippen LogP contribution in [0.4, 0.5) is 5.82 Å². The van der Waals surface area contributed by atoms with E-state index in [4.69, 9.17) is 0 Å². The van der Waals surface area contributed by atoms with Crippen LogP contribution in [-0.2, 0) is 20.1 Å². The lowest BCUT2D eigenvalue weighted by Crippen LogP contribution is -2.46. The van der Waals surface area contributed by atoms with E-state index >= 15 is 0 Å². The van der Waals surface area contributed by atoms with E-state index in [-0.39, 0.29) is 11.1 Å². The van der Waals surface area contributed by atoms with Gasteiger partial charge in [-0.05, 0) is 24.6 Å². The predicted octanol–water partition coefficient (Wildman–Crippen LogP) is 0.284. The minimum absolute atomic E-state index is 0.0251. The number of pyridine rings is 1. The minimum atomic E-state index is -0.0643. The highest BCUT2D eigenvalue weighted by Crippen LogP contribution is 2.13. The fourth-order valence-electron chi connectivity index (χ4n) is 2.91. The van der Waals surface area contributed by atoms with Crippen LogP contribution in [-0.4, -0.2) is 45.4 Å². The summed E-state index contributed by atoms with van der Waals surface area (Å²) in [6, 6.07) is 7.07. The van der Waals surface area contributed by atoms with Crippen LogP contribution in [0, 0.1) is 0 Å². The lowest BCUT2D eigenvalue weighted by molar-refractivity contribution is 0.248. The highest BCUT2D eigenvalue weighted by Gasteiger charge is 2.18. The quantitative estimate of drug-likeness (QED) is 0.806. The molecule has 0 aliphatic carbocycles. The maximum atomic E-state index is 11.7. The van der Waals surface area contributed by atoms with Gasteiger partial charge in [0.15, 0.2) is 0 Å². The lowest BCUT2D eigenvalue weighted by Gasteiger charge is -2.35. The third-order valence-corrected chi connectivity index (χ3v) is 4.42. The SMILES string of the molecule is CCn1nc(N2CCN(Cc3ccn(C)c(=O)c3)CC2)ccc1=O. The summed E-state index contributed by atoms with van der Waals surface area (Å²) in [7, 11) is 1.76. The lowest BCUT2D eigenvalue weighted by atomic mass is 10.2. The van der Waals surface area contributed by atoms with E-state index in [0.29, 0.717) is 6.54 Å². The molecule has 0 bridgehead atoms. The predicted molar refractivity (Wildman–Crippen MR) is 93.3 cm³/mol. The van der Waals surface area contributed by atoms with Crippen molar-refractivity contribution in [2.24, 2.45) is 7.05 Å². The smallest absolute Gasteiger partial charge is 0.266 e. The van der Waals surface area contributed by atoms with Crippen molar-refractivity contribution in [3.05, 3.63) is 56.7 Å². The van der Waals surface area contributed by atoms with Crippen molar-refractivity contribution in [3.63, 3.8) is 0 Å². The van der Waals surface area contributed by atoms with Crippen LogP contribution in [0.15, 0.2) is 40.1 Å². The maximum Gasteiger partial charge on any atom is 0.266 e. The van der Waals surface area contributed by atoms with Crippen molar-refractivity contribution in [1.82, 2.24) is 19.2 Å². The van der Waals surface area contributed by atoms with Gasteiger partial charge in [-0.25, -0.2) is 4.68 Å². The molecular formula is C17H23N5O2. The number of anilines is 1. The van der Waals surface area contributed by atoms with Gasteiger partial charge in [0.25, 0.3) is 11.1 Å². The summed E-state index contributed by atoms with van der Waals surface area (Å²) >= 11 is 0. The Balaban J connectivity index is 1.62. The molecule has 0 unspecified atom stereocenters. The van der Waals surface area contributed by atoms with Gasteiger partial charge in [0.05, 0.1) is 0 Å². The molecule has 3 heterocycles. The molecule has 1 aliphatic rings. The van der Waals surface area contributed by atoms with Gasteiger partial charge in [-0.15, -0.1) is 0 Å². The van der Waals surface area contributed by atoms with Crippen LogP contribution in [0.25, 0.3) is 0 Å². The standard InChI is InChI=1S/C17H23N5O2/c1-3-22-16(23)5-4-15(18-22)21-10-8-20(9-11-21)13-14-6-7-19(2)17(24)12-14/h4-7,12H,3,8-11,13H2,1-2H3. The maximum absolute atomic E-state index is 11.7. The average molecular weight is 329 g/mol. The fourth-order valence-corrected chi connectivity index (χ4v) is 2.91. The second kappa shape index (κ2) is 7.00. The van der Waals surface area contributed by atoms with Crippen LogP contribution in [0.3, 0.4) is 0 Å². The van der Waals surface area contributed by atoms with Gasteiger partial charge >= 0.3 is 0 Å². The summed E-state index contributed by atoms with van der Waals surface area (Å²) in [6.45, 7) is 6.81. The Morgan fingerprint density at radius 2 is 1.79 bits per heavy atom.